The number of carbonyl (C=O) groups is 1. The SMILES string of the molecule is Cc1ccc(NCC(=O)N/N=C\c2ccc(O)cc2O)cc1. The largest absolute Gasteiger partial charge is 0.508 e. The number of phenols is 2. The fourth-order valence-electron chi connectivity index (χ4n) is 1.71. The molecule has 0 bridgehead atoms. The van der Waals surface area contributed by atoms with E-state index in [2.05, 4.69) is 15.8 Å². The summed E-state index contributed by atoms with van der Waals surface area (Å²) in [5, 5.41) is 25.4. The van der Waals surface area contributed by atoms with Crippen molar-refractivity contribution in [2.24, 2.45) is 5.10 Å². The van der Waals surface area contributed by atoms with Gasteiger partial charge in [-0.25, -0.2) is 5.43 Å². The molecule has 0 aliphatic rings. The second-order valence-electron chi connectivity index (χ2n) is 4.76. The molecule has 0 heterocycles. The number of anilines is 1. The summed E-state index contributed by atoms with van der Waals surface area (Å²) in [5.74, 6) is -0.466. The number of carbonyl (C=O) groups excluding carboxylic acids is 1. The van der Waals surface area contributed by atoms with Crippen LogP contribution in [0, 0.1) is 6.92 Å². The van der Waals surface area contributed by atoms with Crippen LogP contribution in [-0.4, -0.2) is 28.9 Å². The average Bonchev–Trinajstić information content (AvgIpc) is 2.49. The lowest BCUT2D eigenvalue weighted by molar-refractivity contribution is -0.119. The number of amides is 1. The van der Waals surface area contributed by atoms with Crippen molar-refractivity contribution in [3.63, 3.8) is 0 Å². The van der Waals surface area contributed by atoms with E-state index in [0.29, 0.717) is 5.56 Å². The maximum atomic E-state index is 11.6. The van der Waals surface area contributed by atoms with Crippen molar-refractivity contribution < 1.29 is 15.0 Å². The molecular formula is C16H17N3O3. The standard InChI is InChI=1S/C16H17N3O3/c1-11-2-5-13(6-3-11)17-10-16(22)19-18-9-12-4-7-14(20)8-15(12)21/h2-9,17,20-21H,10H2,1H3,(H,19,22)/b18-9-. The minimum atomic E-state index is -0.310. The van der Waals surface area contributed by atoms with Crippen molar-refractivity contribution in [1.82, 2.24) is 5.43 Å². The van der Waals surface area contributed by atoms with E-state index in [-0.39, 0.29) is 24.0 Å². The Bertz CT molecular complexity index is 682. The van der Waals surface area contributed by atoms with Gasteiger partial charge >= 0.3 is 0 Å². The third-order valence-electron chi connectivity index (χ3n) is 2.91. The van der Waals surface area contributed by atoms with E-state index in [0.717, 1.165) is 11.3 Å². The molecule has 6 heteroatoms. The molecule has 22 heavy (non-hydrogen) atoms. The van der Waals surface area contributed by atoms with Gasteiger partial charge < -0.3 is 15.5 Å². The molecule has 2 aromatic carbocycles. The molecule has 0 radical (unpaired) electrons. The predicted octanol–water partition coefficient (Wildman–Crippen LogP) is 1.97. The Labute approximate surface area is 128 Å². The van der Waals surface area contributed by atoms with Gasteiger partial charge in [-0.1, -0.05) is 17.7 Å². The highest BCUT2D eigenvalue weighted by atomic mass is 16.3. The van der Waals surface area contributed by atoms with Gasteiger partial charge in [0.05, 0.1) is 12.8 Å². The van der Waals surface area contributed by atoms with Gasteiger partial charge in [-0.2, -0.15) is 5.10 Å². The third-order valence-corrected chi connectivity index (χ3v) is 2.91. The van der Waals surface area contributed by atoms with Crippen LogP contribution < -0.4 is 10.7 Å². The first-order valence-electron chi connectivity index (χ1n) is 6.69. The predicted molar refractivity (Wildman–Crippen MR) is 85.2 cm³/mol. The van der Waals surface area contributed by atoms with Gasteiger partial charge in [0.25, 0.3) is 5.91 Å². The van der Waals surface area contributed by atoms with Gasteiger partial charge in [-0.15, -0.1) is 0 Å². The molecular weight excluding hydrogens is 282 g/mol. The summed E-state index contributed by atoms with van der Waals surface area (Å²) in [4.78, 5) is 11.6. The fraction of sp³-hybridized carbons (Fsp3) is 0.125. The lowest BCUT2D eigenvalue weighted by Crippen LogP contribution is -2.25. The van der Waals surface area contributed by atoms with Gasteiger partial charge in [0.2, 0.25) is 0 Å². The zero-order valence-electron chi connectivity index (χ0n) is 12.1. The van der Waals surface area contributed by atoms with E-state index >= 15 is 0 Å². The summed E-state index contributed by atoms with van der Waals surface area (Å²) < 4.78 is 0. The summed E-state index contributed by atoms with van der Waals surface area (Å²) in [6, 6.07) is 11.8. The molecule has 1 amide bonds. The molecule has 0 atom stereocenters. The smallest absolute Gasteiger partial charge is 0.259 e. The molecule has 0 saturated heterocycles. The molecule has 2 rings (SSSR count). The fourth-order valence-corrected chi connectivity index (χ4v) is 1.71. The molecule has 0 fully saturated rings. The summed E-state index contributed by atoms with van der Waals surface area (Å²) in [6.45, 7) is 2.08. The number of phenolic OH excluding ortho intramolecular Hbond substituents is 2. The van der Waals surface area contributed by atoms with Crippen LogP contribution in [0.3, 0.4) is 0 Å². The maximum Gasteiger partial charge on any atom is 0.259 e. The first-order chi connectivity index (χ1) is 10.5. The minimum absolute atomic E-state index is 0.0408. The van der Waals surface area contributed by atoms with E-state index in [1.54, 1.807) is 0 Å². The third kappa shape index (κ3) is 4.52. The van der Waals surface area contributed by atoms with Gasteiger partial charge in [-0.3, -0.25) is 4.79 Å². The maximum absolute atomic E-state index is 11.6. The second kappa shape index (κ2) is 7.12. The molecule has 0 unspecified atom stereocenters. The lowest BCUT2D eigenvalue weighted by Gasteiger charge is -2.05. The summed E-state index contributed by atoms with van der Waals surface area (Å²) in [5.41, 5.74) is 4.74. The van der Waals surface area contributed by atoms with Crippen LogP contribution in [-0.2, 0) is 4.79 Å². The van der Waals surface area contributed by atoms with Gasteiger partial charge in [-0.05, 0) is 31.2 Å². The second-order valence-corrected chi connectivity index (χ2v) is 4.76. The van der Waals surface area contributed by atoms with E-state index in [1.807, 2.05) is 31.2 Å². The Morgan fingerprint density at radius 3 is 2.59 bits per heavy atom. The molecule has 2 aromatic rings. The topological polar surface area (TPSA) is 94.0 Å². The van der Waals surface area contributed by atoms with E-state index in [9.17, 15) is 9.90 Å². The van der Waals surface area contributed by atoms with Crippen molar-refractivity contribution in [3.05, 3.63) is 53.6 Å². The number of hydrogen-bond acceptors (Lipinski definition) is 5. The Balaban J connectivity index is 1.82. The zero-order chi connectivity index (χ0) is 15.9. The normalized spacial score (nSPS) is 10.6. The van der Waals surface area contributed by atoms with Gasteiger partial charge in [0, 0.05) is 17.3 Å². The Kier molecular flexibility index (Phi) is 4.98. The molecule has 0 spiro atoms. The Morgan fingerprint density at radius 1 is 1.18 bits per heavy atom. The number of aryl methyl sites for hydroxylation is 1. The first kappa shape index (κ1) is 15.4. The van der Waals surface area contributed by atoms with Gasteiger partial charge in [0.15, 0.2) is 0 Å². The molecule has 0 aliphatic carbocycles. The summed E-state index contributed by atoms with van der Waals surface area (Å²) in [6.07, 6.45) is 1.30. The molecule has 6 nitrogen and oxygen atoms in total. The highest BCUT2D eigenvalue weighted by molar-refractivity contribution is 5.86. The number of hydrazone groups is 1. The number of nitrogens with one attached hydrogen (secondary N) is 2. The van der Waals surface area contributed by atoms with Crippen molar-refractivity contribution in [3.8, 4) is 11.5 Å². The van der Waals surface area contributed by atoms with Gasteiger partial charge in [0.1, 0.15) is 11.5 Å². The van der Waals surface area contributed by atoms with Crippen LogP contribution in [0.5, 0.6) is 11.5 Å². The minimum Gasteiger partial charge on any atom is -0.508 e. The Morgan fingerprint density at radius 2 is 1.91 bits per heavy atom. The molecule has 0 saturated carbocycles. The number of aromatic hydroxyl groups is 2. The Hall–Kier alpha value is -3.02. The van der Waals surface area contributed by atoms with Crippen molar-refractivity contribution in [1.29, 1.82) is 0 Å². The van der Waals surface area contributed by atoms with E-state index < -0.39 is 0 Å². The number of nitrogens with zero attached hydrogens (tertiary/aromatic N) is 1. The molecule has 4 N–H and O–H groups in total. The highest BCUT2D eigenvalue weighted by Crippen LogP contribution is 2.20. The number of hydrogen-bond donors (Lipinski definition) is 4. The average molecular weight is 299 g/mol. The van der Waals surface area contributed by atoms with E-state index in [1.165, 1.54) is 24.4 Å². The summed E-state index contributed by atoms with van der Waals surface area (Å²) in [7, 11) is 0. The van der Waals surface area contributed by atoms with Crippen LogP contribution in [0.2, 0.25) is 0 Å². The van der Waals surface area contributed by atoms with E-state index in [4.69, 9.17) is 5.11 Å². The summed E-state index contributed by atoms with van der Waals surface area (Å²) >= 11 is 0. The van der Waals surface area contributed by atoms with Crippen molar-refractivity contribution in [2.75, 3.05) is 11.9 Å². The van der Waals surface area contributed by atoms with Crippen molar-refractivity contribution >= 4 is 17.8 Å². The van der Waals surface area contributed by atoms with Crippen LogP contribution in [0.1, 0.15) is 11.1 Å². The van der Waals surface area contributed by atoms with Crippen LogP contribution in [0.15, 0.2) is 47.6 Å². The number of rotatable bonds is 5. The first-order valence-corrected chi connectivity index (χ1v) is 6.69. The monoisotopic (exact) mass is 299 g/mol. The van der Waals surface area contributed by atoms with Crippen LogP contribution >= 0.6 is 0 Å². The number of benzene rings is 2. The van der Waals surface area contributed by atoms with Crippen LogP contribution in [0.4, 0.5) is 5.69 Å². The van der Waals surface area contributed by atoms with Crippen molar-refractivity contribution in [2.45, 2.75) is 6.92 Å². The molecule has 114 valence electrons. The quantitative estimate of drug-likeness (QED) is 0.501. The zero-order valence-corrected chi connectivity index (χ0v) is 12.1. The molecule has 0 aliphatic heterocycles. The lowest BCUT2D eigenvalue weighted by atomic mass is 10.2. The van der Waals surface area contributed by atoms with Crippen LogP contribution in [0.25, 0.3) is 0 Å². The highest BCUT2D eigenvalue weighted by Gasteiger charge is 2.01. The molecule has 0 aromatic heterocycles.